The van der Waals surface area contributed by atoms with Crippen molar-refractivity contribution in [2.24, 2.45) is 0 Å². The van der Waals surface area contributed by atoms with E-state index in [9.17, 15) is 0 Å². The van der Waals surface area contributed by atoms with Crippen LogP contribution in [0.3, 0.4) is 0 Å². The molecule has 0 aliphatic heterocycles. The van der Waals surface area contributed by atoms with Crippen molar-refractivity contribution in [2.45, 2.75) is 12.8 Å². The highest BCUT2D eigenvalue weighted by atomic mass is 79.9. The number of aryl methyl sites for hydroxylation is 1. The van der Waals surface area contributed by atoms with Gasteiger partial charge in [0.15, 0.2) is 3.92 Å². The SMILES string of the molecule is Brc1nnc(OCCCc2ccccc2)s1. The van der Waals surface area contributed by atoms with Crippen molar-refractivity contribution in [3.05, 3.63) is 39.8 Å². The molecule has 0 aliphatic carbocycles. The summed E-state index contributed by atoms with van der Waals surface area (Å²) < 4.78 is 6.22. The summed E-state index contributed by atoms with van der Waals surface area (Å²) in [4.78, 5) is 0. The lowest BCUT2D eigenvalue weighted by atomic mass is 10.1. The average molecular weight is 299 g/mol. The summed E-state index contributed by atoms with van der Waals surface area (Å²) >= 11 is 4.65. The Morgan fingerprint density at radius 2 is 2.00 bits per heavy atom. The van der Waals surface area contributed by atoms with Crippen molar-refractivity contribution in [2.75, 3.05) is 6.61 Å². The van der Waals surface area contributed by atoms with Gasteiger partial charge in [-0.15, -0.1) is 5.10 Å². The van der Waals surface area contributed by atoms with Gasteiger partial charge in [-0.25, -0.2) is 0 Å². The number of hydrogen-bond donors (Lipinski definition) is 0. The van der Waals surface area contributed by atoms with Crippen molar-refractivity contribution in [1.29, 1.82) is 0 Å². The molecular formula is C11H11BrN2OS. The maximum Gasteiger partial charge on any atom is 0.294 e. The molecule has 0 spiro atoms. The number of halogens is 1. The molecule has 0 atom stereocenters. The van der Waals surface area contributed by atoms with Crippen molar-refractivity contribution in [3.8, 4) is 5.19 Å². The van der Waals surface area contributed by atoms with Gasteiger partial charge in [-0.1, -0.05) is 35.4 Å². The monoisotopic (exact) mass is 298 g/mol. The molecule has 0 radical (unpaired) electrons. The molecule has 0 bridgehead atoms. The van der Waals surface area contributed by atoms with E-state index in [0.717, 1.165) is 16.8 Å². The molecule has 84 valence electrons. The molecule has 1 aromatic heterocycles. The topological polar surface area (TPSA) is 35.0 Å². The Morgan fingerprint density at radius 3 is 2.69 bits per heavy atom. The number of benzene rings is 1. The summed E-state index contributed by atoms with van der Waals surface area (Å²) in [6.07, 6.45) is 2.02. The van der Waals surface area contributed by atoms with Crippen LogP contribution in [0.1, 0.15) is 12.0 Å². The quantitative estimate of drug-likeness (QED) is 0.794. The molecule has 16 heavy (non-hydrogen) atoms. The fourth-order valence-corrected chi connectivity index (χ4v) is 2.28. The number of ether oxygens (including phenoxy) is 1. The lowest BCUT2D eigenvalue weighted by Crippen LogP contribution is -1.99. The number of aromatic nitrogens is 2. The highest BCUT2D eigenvalue weighted by Crippen LogP contribution is 2.22. The largest absolute Gasteiger partial charge is 0.469 e. The van der Waals surface area contributed by atoms with Gasteiger partial charge in [0.2, 0.25) is 0 Å². The minimum atomic E-state index is 0.625. The molecule has 1 heterocycles. The summed E-state index contributed by atoms with van der Waals surface area (Å²) in [5, 5.41) is 8.30. The Bertz CT molecular complexity index is 433. The van der Waals surface area contributed by atoms with E-state index in [1.165, 1.54) is 16.9 Å². The molecule has 0 N–H and O–H groups in total. The van der Waals surface area contributed by atoms with Crippen molar-refractivity contribution in [1.82, 2.24) is 10.2 Å². The maximum absolute atomic E-state index is 5.46. The van der Waals surface area contributed by atoms with Crippen LogP contribution in [-0.4, -0.2) is 16.8 Å². The zero-order valence-electron chi connectivity index (χ0n) is 8.60. The van der Waals surface area contributed by atoms with Gasteiger partial charge in [0.1, 0.15) is 0 Å². The maximum atomic E-state index is 5.46. The summed E-state index contributed by atoms with van der Waals surface area (Å²) in [7, 11) is 0. The van der Waals surface area contributed by atoms with Crippen molar-refractivity contribution in [3.63, 3.8) is 0 Å². The molecular weight excluding hydrogens is 288 g/mol. The molecule has 2 aromatic rings. The van der Waals surface area contributed by atoms with Crippen LogP contribution in [0.4, 0.5) is 0 Å². The third-order valence-electron chi connectivity index (χ3n) is 2.06. The number of hydrogen-bond acceptors (Lipinski definition) is 4. The molecule has 0 amide bonds. The van der Waals surface area contributed by atoms with E-state index in [2.05, 4.69) is 50.4 Å². The normalized spacial score (nSPS) is 10.3. The van der Waals surface area contributed by atoms with Gasteiger partial charge in [0.25, 0.3) is 5.19 Å². The van der Waals surface area contributed by atoms with Gasteiger partial charge in [0.05, 0.1) is 6.61 Å². The fourth-order valence-electron chi connectivity index (χ4n) is 1.33. The minimum Gasteiger partial charge on any atom is -0.469 e. The first-order valence-electron chi connectivity index (χ1n) is 5.00. The molecule has 5 heteroatoms. The van der Waals surface area contributed by atoms with Gasteiger partial charge in [0, 0.05) is 0 Å². The van der Waals surface area contributed by atoms with E-state index >= 15 is 0 Å². The Balaban J connectivity index is 1.69. The summed E-state index contributed by atoms with van der Waals surface area (Å²) in [6, 6.07) is 10.4. The molecule has 0 fully saturated rings. The van der Waals surface area contributed by atoms with E-state index in [1.807, 2.05) is 6.07 Å². The Morgan fingerprint density at radius 1 is 1.19 bits per heavy atom. The standard InChI is InChI=1S/C11H11BrN2OS/c12-10-13-14-11(16-10)15-8-4-7-9-5-2-1-3-6-9/h1-3,5-6H,4,7-8H2. The van der Waals surface area contributed by atoms with Crippen LogP contribution in [0, 0.1) is 0 Å². The smallest absolute Gasteiger partial charge is 0.294 e. The minimum absolute atomic E-state index is 0.625. The molecule has 0 aliphatic rings. The summed E-state index contributed by atoms with van der Waals surface area (Å²) in [6.45, 7) is 0.677. The first-order chi connectivity index (χ1) is 7.84. The first kappa shape index (κ1) is 11.5. The fraction of sp³-hybridized carbons (Fsp3) is 0.273. The van der Waals surface area contributed by atoms with Crippen LogP contribution >= 0.6 is 27.3 Å². The average Bonchev–Trinajstić information content (AvgIpc) is 2.72. The van der Waals surface area contributed by atoms with Crippen LogP contribution in [0.5, 0.6) is 5.19 Å². The van der Waals surface area contributed by atoms with Crippen LogP contribution in [0.25, 0.3) is 0 Å². The highest BCUT2D eigenvalue weighted by molar-refractivity contribution is 9.11. The van der Waals surface area contributed by atoms with Crippen molar-refractivity contribution >= 4 is 27.3 Å². The van der Waals surface area contributed by atoms with Crippen molar-refractivity contribution < 1.29 is 4.74 Å². The predicted octanol–water partition coefficient (Wildman–Crippen LogP) is 3.31. The van der Waals surface area contributed by atoms with Gasteiger partial charge >= 0.3 is 0 Å². The Kier molecular flexibility index (Phi) is 4.30. The van der Waals surface area contributed by atoms with Crippen LogP contribution in [0.2, 0.25) is 0 Å². The number of nitrogens with zero attached hydrogens (tertiary/aromatic N) is 2. The summed E-state index contributed by atoms with van der Waals surface area (Å²) in [5.74, 6) is 0. The first-order valence-corrected chi connectivity index (χ1v) is 6.61. The van der Waals surface area contributed by atoms with Gasteiger partial charge in [-0.2, -0.15) is 0 Å². The third kappa shape index (κ3) is 3.57. The number of rotatable bonds is 5. The van der Waals surface area contributed by atoms with Crippen LogP contribution < -0.4 is 4.74 Å². The lowest BCUT2D eigenvalue weighted by molar-refractivity contribution is 0.307. The van der Waals surface area contributed by atoms with E-state index in [0.29, 0.717) is 11.8 Å². The molecule has 0 saturated heterocycles. The highest BCUT2D eigenvalue weighted by Gasteiger charge is 2.01. The lowest BCUT2D eigenvalue weighted by Gasteiger charge is -2.01. The Hall–Kier alpha value is -0.940. The van der Waals surface area contributed by atoms with Gasteiger partial charge in [-0.05, 0) is 45.7 Å². The zero-order chi connectivity index (χ0) is 11.2. The second-order valence-corrected chi connectivity index (χ2v) is 5.47. The third-order valence-corrected chi connectivity index (χ3v) is 3.33. The predicted molar refractivity (Wildman–Crippen MR) is 67.9 cm³/mol. The van der Waals surface area contributed by atoms with E-state index in [-0.39, 0.29) is 0 Å². The molecule has 0 saturated carbocycles. The van der Waals surface area contributed by atoms with Gasteiger partial charge in [-0.3, -0.25) is 0 Å². The van der Waals surface area contributed by atoms with E-state index in [4.69, 9.17) is 4.74 Å². The van der Waals surface area contributed by atoms with Crippen LogP contribution in [-0.2, 0) is 6.42 Å². The second kappa shape index (κ2) is 5.96. The molecule has 0 unspecified atom stereocenters. The molecule has 1 aromatic carbocycles. The van der Waals surface area contributed by atoms with E-state index in [1.54, 1.807) is 0 Å². The van der Waals surface area contributed by atoms with Crippen LogP contribution in [0.15, 0.2) is 34.2 Å². The Labute approximate surface area is 107 Å². The summed E-state index contributed by atoms with van der Waals surface area (Å²) in [5.41, 5.74) is 1.34. The van der Waals surface area contributed by atoms with E-state index < -0.39 is 0 Å². The second-order valence-electron chi connectivity index (χ2n) is 3.26. The van der Waals surface area contributed by atoms with Gasteiger partial charge < -0.3 is 4.74 Å². The molecule has 3 nitrogen and oxygen atoms in total. The molecule has 2 rings (SSSR count). The zero-order valence-corrected chi connectivity index (χ0v) is 11.0.